The zero-order valence-electron chi connectivity index (χ0n) is 15.0. The third kappa shape index (κ3) is 3.40. The number of hydrogen-bond acceptors (Lipinski definition) is 5. The van der Waals surface area contributed by atoms with Gasteiger partial charge in [0.2, 0.25) is 11.7 Å². The highest BCUT2D eigenvalue weighted by atomic mass is 19.4. The maximum atomic E-state index is 12.9. The molecule has 0 saturated carbocycles. The summed E-state index contributed by atoms with van der Waals surface area (Å²) >= 11 is 0. The summed E-state index contributed by atoms with van der Waals surface area (Å²) in [7, 11) is 0. The molecule has 28 heavy (non-hydrogen) atoms. The fourth-order valence-electron chi connectivity index (χ4n) is 3.79. The van der Waals surface area contributed by atoms with E-state index in [4.69, 9.17) is 0 Å². The molecule has 8 nitrogen and oxygen atoms in total. The second-order valence-electron chi connectivity index (χ2n) is 7.04. The Kier molecular flexibility index (Phi) is 4.68. The van der Waals surface area contributed by atoms with Gasteiger partial charge in [0, 0.05) is 25.7 Å². The summed E-state index contributed by atoms with van der Waals surface area (Å²) in [4.78, 5) is 34.1. The predicted molar refractivity (Wildman–Crippen MR) is 90.4 cm³/mol. The summed E-state index contributed by atoms with van der Waals surface area (Å²) in [6.45, 7) is 1.17. The number of aryl methyl sites for hydroxylation is 1. The number of likely N-dealkylation sites (tertiary alicyclic amines) is 1. The minimum absolute atomic E-state index is 0.0299. The number of rotatable bonds is 3. The number of halogens is 3. The molecule has 0 aliphatic carbocycles. The number of alkyl halides is 3. The number of aromatic nitrogens is 5. The number of fused-ring (bicyclic) bond motifs is 1. The molecule has 0 spiro atoms. The van der Waals surface area contributed by atoms with Crippen molar-refractivity contribution in [3.05, 3.63) is 40.1 Å². The van der Waals surface area contributed by atoms with Crippen LogP contribution in [0, 0.1) is 0 Å². The lowest BCUT2D eigenvalue weighted by Gasteiger charge is -2.27. The van der Waals surface area contributed by atoms with E-state index in [1.54, 1.807) is 4.90 Å². The van der Waals surface area contributed by atoms with Crippen LogP contribution >= 0.6 is 0 Å². The molecule has 4 heterocycles. The van der Waals surface area contributed by atoms with Gasteiger partial charge < -0.3 is 4.90 Å². The van der Waals surface area contributed by atoms with Gasteiger partial charge in [-0.15, -0.1) is 0 Å². The average molecular weight is 396 g/mol. The van der Waals surface area contributed by atoms with Gasteiger partial charge >= 0.3 is 11.9 Å². The number of nitrogens with zero attached hydrogens (tertiary/aromatic N) is 6. The molecule has 1 unspecified atom stereocenters. The highest BCUT2D eigenvalue weighted by molar-refractivity contribution is 5.80. The third-order valence-electron chi connectivity index (χ3n) is 5.11. The van der Waals surface area contributed by atoms with Gasteiger partial charge in [0.05, 0.1) is 12.2 Å². The second-order valence-corrected chi connectivity index (χ2v) is 7.04. The van der Waals surface area contributed by atoms with Crippen molar-refractivity contribution in [3.63, 3.8) is 0 Å². The molecule has 1 saturated heterocycles. The van der Waals surface area contributed by atoms with Crippen LogP contribution in [0.5, 0.6) is 0 Å². The summed E-state index contributed by atoms with van der Waals surface area (Å²) in [5.41, 5.74) is -0.471. The number of carbonyl (C=O) groups excluding carboxylic acids is 1. The van der Waals surface area contributed by atoms with Crippen molar-refractivity contribution < 1.29 is 18.0 Å². The number of carbonyl (C=O) groups is 1. The molecule has 2 aliphatic heterocycles. The largest absolute Gasteiger partial charge is 0.451 e. The van der Waals surface area contributed by atoms with Crippen LogP contribution in [-0.2, 0) is 23.9 Å². The molecule has 4 rings (SSSR count). The van der Waals surface area contributed by atoms with Crippen LogP contribution in [0.25, 0.3) is 0 Å². The predicted octanol–water partition coefficient (Wildman–Crippen LogP) is 1.40. The summed E-state index contributed by atoms with van der Waals surface area (Å²) in [5, 5.41) is 4.25. The van der Waals surface area contributed by atoms with Crippen LogP contribution in [0.3, 0.4) is 0 Å². The van der Waals surface area contributed by atoms with E-state index in [0.29, 0.717) is 31.8 Å². The van der Waals surface area contributed by atoms with E-state index in [2.05, 4.69) is 15.1 Å². The summed E-state index contributed by atoms with van der Waals surface area (Å²) < 4.78 is 40.9. The van der Waals surface area contributed by atoms with Crippen molar-refractivity contribution in [3.8, 4) is 0 Å². The minimum atomic E-state index is -4.67. The molecule has 1 fully saturated rings. The summed E-state index contributed by atoms with van der Waals surface area (Å²) in [6.07, 6.45) is 0.0761. The maximum Gasteiger partial charge on any atom is 0.451 e. The van der Waals surface area contributed by atoms with Gasteiger partial charge in [-0.3, -0.25) is 9.36 Å². The molecule has 11 heteroatoms. The Morgan fingerprint density at radius 1 is 1.21 bits per heavy atom. The molecule has 2 aromatic rings. The molecule has 0 radical (unpaired) electrons. The Morgan fingerprint density at radius 2 is 1.96 bits per heavy atom. The van der Waals surface area contributed by atoms with Gasteiger partial charge in [-0.1, -0.05) is 0 Å². The lowest BCUT2D eigenvalue weighted by molar-refractivity contribution is -0.145. The van der Waals surface area contributed by atoms with Gasteiger partial charge in [0.15, 0.2) is 0 Å². The Bertz CT molecular complexity index is 945. The van der Waals surface area contributed by atoms with Crippen LogP contribution in [0.1, 0.15) is 49.1 Å². The molecule has 0 bridgehead atoms. The maximum absolute atomic E-state index is 12.9. The topological polar surface area (TPSA) is 85.9 Å². The Hall–Kier alpha value is -2.72. The average Bonchev–Trinajstić information content (AvgIpc) is 3.30. The van der Waals surface area contributed by atoms with Crippen LogP contribution in [-0.4, -0.2) is 48.2 Å². The first-order valence-electron chi connectivity index (χ1n) is 9.21. The molecular formula is C17H19F3N6O2. The first-order chi connectivity index (χ1) is 13.3. The quantitative estimate of drug-likeness (QED) is 0.783. The normalized spacial score (nSPS) is 19.7. The Balaban J connectivity index is 1.63. The lowest BCUT2D eigenvalue weighted by atomic mass is 10.0. The smallest absolute Gasteiger partial charge is 0.341 e. The highest BCUT2D eigenvalue weighted by Crippen LogP contribution is 2.27. The van der Waals surface area contributed by atoms with E-state index in [1.165, 1.54) is 10.6 Å². The molecule has 150 valence electrons. The van der Waals surface area contributed by atoms with Crippen molar-refractivity contribution in [1.29, 1.82) is 0 Å². The van der Waals surface area contributed by atoms with E-state index >= 15 is 0 Å². The standard InChI is InChI=1S/C17H19F3N6O2/c18-17(19,20)15-21-7-6-11(22-15)10-25-16(28)26-12(4-3-5-13(26)23-25)14(27)24-8-1-2-9-24/h6-7,12H,1-5,8-10H2. The van der Waals surface area contributed by atoms with Gasteiger partial charge in [0.25, 0.3) is 0 Å². The van der Waals surface area contributed by atoms with Gasteiger partial charge in [-0.05, 0) is 31.7 Å². The van der Waals surface area contributed by atoms with Crippen LogP contribution in [0.15, 0.2) is 17.1 Å². The zero-order chi connectivity index (χ0) is 19.9. The van der Waals surface area contributed by atoms with Crippen LogP contribution < -0.4 is 5.69 Å². The van der Waals surface area contributed by atoms with Gasteiger partial charge in [-0.25, -0.2) is 19.4 Å². The molecular weight excluding hydrogens is 377 g/mol. The van der Waals surface area contributed by atoms with E-state index in [0.717, 1.165) is 30.1 Å². The first kappa shape index (κ1) is 18.6. The fraction of sp³-hybridized carbons (Fsp3) is 0.588. The van der Waals surface area contributed by atoms with Crippen LogP contribution in [0.4, 0.5) is 13.2 Å². The van der Waals surface area contributed by atoms with Crippen LogP contribution in [0.2, 0.25) is 0 Å². The Labute approximate surface area is 158 Å². The van der Waals surface area contributed by atoms with E-state index < -0.39 is 23.7 Å². The number of hydrogen-bond donors (Lipinski definition) is 0. The minimum Gasteiger partial charge on any atom is -0.341 e. The molecule has 2 aromatic heterocycles. The third-order valence-corrected chi connectivity index (χ3v) is 5.11. The Morgan fingerprint density at radius 3 is 2.68 bits per heavy atom. The van der Waals surface area contributed by atoms with Crippen molar-refractivity contribution in [1.82, 2.24) is 29.2 Å². The van der Waals surface area contributed by atoms with E-state index in [1.807, 2.05) is 0 Å². The molecule has 1 amide bonds. The zero-order valence-corrected chi connectivity index (χ0v) is 15.0. The summed E-state index contributed by atoms with van der Waals surface area (Å²) in [5.74, 6) is -0.857. The van der Waals surface area contributed by atoms with Gasteiger partial charge in [-0.2, -0.15) is 18.3 Å². The first-order valence-corrected chi connectivity index (χ1v) is 9.21. The number of amides is 1. The van der Waals surface area contributed by atoms with E-state index in [9.17, 15) is 22.8 Å². The monoisotopic (exact) mass is 396 g/mol. The highest BCUT2D eigenvalue weighted by Gasteiger charge is 2.36. The molecule has 1 atom stereocenters. The second kappa shape index (κ2) is 7.02. The van der Waals surface area contributed by atoms with Crippen molar-refractivity contribution in [2.24, 2.45) is 0 Å². The van der Waals surface area contributed by atoms with Crippen molar-refractivity contribution >= 4 is 5.91 Å². The fourth-order valence-corrected chi connectivity index (χ4v) is 3.79. The van der Waals surface area contributed by atoms with Crippen molar-refractivity contribution in [2.75, 3.05) is 13.1 Å². The van der Waals surface area contributed by atoms with Crippen molar-refractivity contribution in [2.45, 2.75) is 50.9 Å². The lowest BCUT2D eigenvalue weighted by Crippen LogP contribution is -2.41. The molecule has 0 N–H and O–H groups in total. The van der Waals surface area contributed by atoms with E-state index in [-0.39, 0.29) is 18.1 Å². The molecule has 2 aliphatic rings. The van der Waals surface area contributed by atoms with Gasteiger partial charge in [0.1, 0.15) is 11.9 Å². The molecule has 0 aromatic carbocycles. The summed E-state index contributed by atoms with van der Waals surface area (Å²) in [6, 6.07) is 0.714. The SMILES string of the molecule is O=C(C1CCCc2nn(Cc3ccnc(C(F)(F)F)n3)c(=O)n21)N1CCCC1.